The number of anilines is 2. The van der Waals surface area contributed by atoms with Crippen molar-refractivity contribution >= 4 is 22.2 Å². The van der Waals surface area contributed by atoms with Gasteiger partial charge in [0.15, 0.2) is 5.13 Å². The predicted molar refractivity (Wildman–Crippen MR) is 83.2 cm³/mol. The van der Waals surface area contributed by atoms with Crippen molar-refractivity contribution in [2.75, 3.05) is 18.5 Å². The fourth-order valence-corrected chi connectivity index (χ4v) is 2.91. The van der Waals surface area contributed by atoms with Crippen LogP contribution in [0.1, 0.15) is 24.6 Å². The molecule has 102 valence electrons. The number of para-hydroxylation sites is 1. The molecule has 0 amide bonds. The van der Waals surface area contributed by atoms with Crippen LogP contribution < -0.4 is 10.2 Å². The van der Waals surface area contributed by atoms with E-state index in [1.54, 1.807) is 11.3 Å². The Balaban J connectivity index is 2.21. The molecule has 0 aliphatic rings. The summed E-state index contributed by atoms with van der Waals surface area (Å²) in [6, 6.07) is 10.5. The summed E-state index contributed by atoms with van der Waals surface area (Å²) in [5.41, 5.74) is 1.22. The van der Waals surface area contributed by atoms with E-state index in [0.717, 1.165) is 18.2 Å². The van der Waals surface area contributed by atoms with Crippen molar-refractivity contribution in [1.82, 2.24) is 10.3 Å². The first-order valence-corrected chi connectivity index (χ1v) is 7.58. The third-order valence-electron chi connectivity index (χ3n) is 2.93. The molecule has 0 spiro atoms. The Labute approximate surface area is 119 Å². The van der Waals surface area contributed by atoms with Crippen molar-refractivity contribution in [2.45, 2.75) is 26.3 Å². The molecule has 0 radical (unpaired) electrons. The van der Waals surface area contributed by atoms with Crippen molar-refractivity contribution in [2.24, 2.45) is 0 Å². The zero-order valence-corrected chi connectivity index (χ0v) is 12.4. The van der Waals surface area contributed by atoms with E-state index >= 15 is 0 Å². The smallest absolute Gasteiger partial charge is 0.190 e. The van der Waals surface area contributed by atoms with Gasteiger partial charge in [-0.1, -0.05) is 31.5 Å². The number of rotatable bonds is 7. The zero-order chi connectivity index (χ0) is 13.5. The average Bonchev–Trinajstić information content (AvgIpc) is 2.89. The van der Waals surface area contributed by atoms with Crippen LogP contribution in [-0.2, 0) is 6.54 Å². The van der Waals surface area contributed by atoms with Gasteiger partial charge in [-0.25, -0.2) is 4.98 Å². The highest BCUT2D eigenvalue weighted by Gasteiger charge is 2.12. The molecule has 3 nitrogen and oxygen atoms in total. The molecule has 2 rings (SSSR count). The minimum Gasteiger partial charge on any atom is -0.318 e. The third kappa shape index (κ3) is 3.78. The van der Waals surface area contributed by atoms with Gasteiger partial charge in [0.05, 0.1) is 0 Å². The number of unbranched alkanes of at least 4 members (excludes halogenated alkanes) is 1. The molecule has 0 atom stereocenters. The first kappa shape index (κ1) is 14.0. The van der Waals surface area contributed by atoms with Crippen molar-refractivity contribution in [3.8, 4) is 0 Å². The van der Waals surface area contributed by atoms with E-state index in [4.69, 9.17) is 0 Å². The van der Waals surface area contributed by atoms with Gasteiger partial charge in [-0.3, -0.25) is 0 Å². The Morgan fingerprint density at radius 1 is 1.26 bits per heavy atom. The third-order valence-corrected chi connectivity index (χ3v) is 3.95. The summed E-state index contributed by atoms with van der Waals surface area (Å²) in [5, 5.41) is 4.26. The van der Waals surface area contributed by atoms with Gasteiger partial charge >= 0.3 is 0 Å². The van der Waals surface area contributed by atoms with Gasteiger partial charge in [-0.2, -0.15) is 0 Å². The molecule has 0 bridgehead atoms. The lowest BCUT2D eigenvalue weighted by Crippen LogP contribution is -2.17. The molecule has 19 heavy (non-hydrogen) atoms. The summed E-state index contributed by atoms with van der Waals surface area (Å²) in [4.78, 5) is 8.15. The molecule has 0 saturated heterocycles. The van der Waals surface area contributed by atoms with E-state index in [1.165, 1.54) is 23.4 Å². The fourth-order valence-electron chi connectivity index (χ4n) is 1.94. The highest BCUT2D eigenvalue weighted by Crippen LogP contribution is 2.29. The largest absolute Gasteiger partial charge is 0.318 e. The lowest BCUT2D eigenvalue weighted by Gasteiger charge is -2.21. The maximum atomic E-state index is 4.57. The van der Waals surface area contributed by atoms with Crippen molar-refractivity contribution in [3.63, 3.8) is 0 Å². The number of hydrogen-bond donors (Lipinski definition) is 1. The van der Waals surface area contributed by atoms with Gasteiger partial charge in [0.2, 0.25) is 0 Å². The first-order valence-electron chi connectivity index (χ1n) is 6.77. The van der Waals surface area contributed by atoms with Gasteiger partial charge in [-0.15, -0.1) is 11.3 Å². The van der Waals surface area contributed by atoms with E-state index in [2.05, 4.69) is 52.5 Å². The van der Waals surface area contributed by atoms with Crippen LogP contribution in [-0.4, -0.2) is 18.6 Å². The van der Waals surface area contributed by atoms with Gasteiger partial charge in [0.25, 0.3) is 0 Å². The van der Waals surface area contributed by atoms with E-state index < -0.39 is 0 Å². The molecule has 1 N–H and O–H groups in total. The summed E-state index contributed by atoms with van der Waals surface area (Å²) in [5.74, 6) is 0. The van der Waals surface area contributed by atoms with E-state index in [-0.39, 0.29) is 0 Å². The second-order valence-electron chi connectivity index (χ2n) is 4.48. The van der Waals surface area contributed by atoms with E-state index in [0.29, 0.717) is 0 Å². The van der Waals surface area contributed by atoms with Crippen LogP contribution in [0.3, 0.4) is 0 Å². The number of thiazole rings is 1. The number of nitrogens with zero attached hydrogens (tertiary/aromatic N) is 2. The lowest BCUT2D eigenvalue weighted by molar-refractivity contribution is 0.784. The molecule has 0 unspecified atom stereocenters. The molecule has 0 aliphatic heterocycles. The second kappa shape index (κ2) is 7.26. The summed E-state index contributed by atoms with van der Waals surface area (Å²) in [7, 11) is 1.96. The molecule has 0 saturated carbocycles. The number of nitrogens with one attached hydrogen (secondary N) is 1. The molecule has 1 aromatic heterocycles. The summed E-state index contributed by atoms with van der Waals surface area (Å²) >= 11 is 1.76. The average molecular weight is 275 g/mol. The van der Waals surface area contributed by atoms with Crippen molar-refractivity contribution in [3.05, 3.63) is 41.4 Å². The van der Waals surface area contributed by atoms with Crippen LogP contribution in [0, 0.1) is 0 Å². The predicted octanol–water partition coefficient (Wildman–Crippen LogP) is 3.80. The summed E-state index contributed by atoms with van der Waals surface area (Å²) in [6.07, 6.45) is 4.34. The van der Waals surface area contributed by atoms with Crippen LogP contribution in [0.5, 0.6) is 0 Å². The molecule has 1 aromatic carbocycles. The van der Waals surface area contributed by atoms with Crippen LogP contribution >= 0.6 is 11.3 Å². The van der Waals surface area contributed by atoms with Gasteiger partial charge in [0.1, 0.15) is 0 Å². The van der Waals surface area contributed by atoms with E-state index in [9.17, 15) is 0 Å². The number of benzene rings is 1. The van der Waals surface area contributed by atoms with Crippen LogP contribution in [0.2, 0.25) is 0 Å². The molecule has 0 fully saturated rings. The number of hydrogen-bond acceptors (Lipinski definition) is 4. The SMILES string of the molecule is CCCCN(c1ccccc1)c1ncc(CNC)s1. The standard InChI is InChI=1S/C15H21N3S/c1-3-4-10-18(13-8-6-5-7-9-13)15-17-12-14(19-15)11-16-2/h5-9,12,16H,3-4,10-11H2,1-2H3. The van der Waals surface area contributed by atoms with Gasteiger partial charge in [-0.05, 0) is 25.6 Å². The quantitative estimate of drug-likeness (QED) is 0.833. The van der Waals surface area contributed by atoms with E-state index in [1.807, 2.05) is 13.2 Å². The maximum absolute atomic E-state index is 4.57. The fraction of sp³-hybridized carbons (Fsp3) is 0.400. The molecule has 2 aromatic rings. The Bertz CT molecular complexity index is 481. The molecule has 0 aliphatic carbocycles. The normalized spacial score (nSPS) is 10.6. The second-order valence-corrected chi connectivity index (χ2v) is 5.57. The lowest BCUT2D eigenvalue weighted by atomic mass is 10.2. The Morgan fingerprint density at radius 2 is 2.05 bits per heavy atom. The van der Waals surface area contributed by atoms with Gasteiger partial charge < -0.3 is 10.2 Å². The summed E-state index contributed by atoms with van der Waals surface area (Å²) in [6.45, 7) is 4.12. The van der Waals surface area contributed by atoms with Crippen LogP contribution in [0.25, 0.3) is 0 Å². The Kier molecular flexibility index (Phi) is 5.36. The number of aromatic nitrogens is 1. The minimum absolute atomic E-state index is 0.883. The monoisotopic (exact) mass is 275 g/mol. The molecular formula is C15H21N3S. The maximum Gasteiger partial charge on any atom is 0.190 e. The van der Waals surface area contributed by atoms with Crippen LogP contribution in [0.4, 0.5) is 10.8 Å². The van der Waals surface area contributed by atoms with Crippen molar-refractivity contribution < 1.29 is 0 Å². The zero-order valence-electron chi connectivity index (χ0n) is 11.6. The minimum atomic E-state index is 0.883. The molecule has 4 heteroatoms. The summed E-state index contributed by atoms with van der Waals surface area (Å²) < 4.78 is 0. The molecular weight excluding hydrogens is 254 g/mol. The highest BCUT2D eigenvalue weighted by atomic mass is 32.1. The van der Waals surface area contributed by atoms with Crippen LogP contribution in [0.15, 0.2) is 36.5 Å². The first-order chi connectivity index (χ1) is 9.35. The Hall–Kier alpha value is -1.39. The molecule has 1 heterocycles. The highest BCUT2D eigenvalue weighted by molar-refractivity contribution is 7.15. The van der Waals surface area contributed by atoms with Crippen molar-refractivity contribution in [1.29, 1.82) is 0 Å². The topological polar surface area (TPSA) is 28.2 Å². The Morgan fingerprint density at radius 3 is 2.74 bits per heavy atom. The van der Waals surface area contributed by atoms with Gasteiger partial charge in [0, 0.05) is 29.9 Å².